The first-order valence-electron chi connectivity index (χ1n) is 9.52. The van der Waals surface area contributed by atoms with Crippen molar-refractivity contribution in [1.29, 1.82) is 0 Å². The summed E-state index contributed by atoms with van der Waals surface area (Å²) >= 11 is 0. The molecule has 11 nitrogen and oxygen atoms in total. The maximum atomic E-state index is 5.61. The molecule has 11 heteroatoms. The minimum absolute atomic E-state index is 0.489. The van der Waals surface area contributed by atoms with Crippen molar-refractivity contribution in [3.8, 4) is 17.1 Å². The van der Waals surface area contributed by atoms with Crippen LogP contribution in [0.15, 0.2) is 30.7 Å². The van der Waals surface area contributed by atoms with E-state index in [0.29, 0.717) is 40.7 Å². The van der Waals surface area contributed by atoms with E-state index < -0.39 is 0 Å². The molecule has 4 rings (SSSR count). The van der Waals surface area contributed by atoms with Crippen molar-refractivity contribution in [1.82, 2.24) is 39.7 Å². The fourth-order valence-electron chi connectivity index (χ4n) is 3.02. The highest BCUT2D eigenvalue weighted by molar-refractivity contribution is 5.74. The number of nitrogens with zero attached hydrogens (tertiary/aromatic N) is 8. The Labute approximate surface area is 179 Å². The number of rotatable bonds is 6. The van der Waals surface area contributed by atoms with Crippen LogP contribution in [-0.2, 0) is 7.05 Å². The van der Waals surface area contributed by atoms with E-state index in [4.69, 9.17) is 4.74 Å². The number of nitrogens with one attached hydrogen (secondary N) is 2. The third-order valence-corrected chi connectivity index (χ3v) is 4.47. The third-order valence-electron chi connectivity index (χ3n) is 4.47. The Morgan fingerprint density at radius 2 is 1.68 bits per heavy atom. The fraction of sp³-hybridized carbons (Fsp3) is 0.250. The van der Waals surface area contributed by atoms with Gasteiger partial charge in [0.1, 0.15) is 35.4 Å². The van der Waals surface area contributed by atoms with Crippen LogP contribution < -0.4 is 15.4 Å². The molecule has 2 N–H and O–H groups in total. The second-order valence-electron chi connectivity index (χ2n) is 6.83. The molecule has 4 aromatic heterocycles. The molecule has 0 unspecified atom stereocenters. The summed E-state index contributed by atoms with van der Waals surface area (Å²) in [5.74, 6) is 4.81. The standard InChI is InChI=1S/C20H22N10O/c1-11-8-17(25-12(2)24-11)27-15-9-16(23-10-22-15)28-20-18(31-5)14(6-7-21-20)19-26-13(3)30(4)29-19/h6-10H,1-5H3,(H2,21,22,23,24,25,27,28). The first kappa shape index (κ1) is 20.1. The minimum atomic E-state index is 0.489. The maximum absolute atomic E-state index is 5.61. The van der Waals surface area contributed by atoms with Crippen molar-refractivity contribution < 1.29 is 4.74 Å². The lowest BCUT2D eigenvalue weighted by atomic mass is 10.2. The SMILES string of the molecule is COc1c(-c2nc(C)n(C)n2)ccnc1Nc1cc(Nc2cc(C)nc(C)n2)ncn1. The van der Waals surface area contributed by atoms with Crippen LogP contribution in [0.1, 0.15) is 17.3 Å². The molecular weight excluding hydrogens is 396 g/mol. The molecule has 0 aliphatic rings. The van der Waals surface area contributed by atoms with Gasteiger partial charge in [-0.1, -0.05) is 0 Å². The predicted molar refractivity (Wildman–Crippen MR) is 116 cm³/mol. The number of anilines is 4. The summed E-state index contributed by atoms with van der Waals surface area (Å²) in [6, 6.07) is 5.41. The summed E-state index contributed by atoms with van der Waals surface area (Å²) in [7, 11) is 3.42. The van der Waals surface area contributed by atoms with Gasteiger partial charge in [0, 0.05) is 31.1 Å². The number of aryl methyl sites for hydroxylation is 4. The molecule has 0 bridgehead atoms. The van der Waals surface area contributed by atoms with Crippen molar-refractivity contribution in [3.05, 3.63) is 48.1 Å². The van der Waals surface area contributed by atoms with Crippen molar-refractivity contribution in [2.24, 2.45) is 7.05 Å². The molecule has 0 aliphatic heterocycles. The van der Waals surface area contributed by atoms with Crippen molar-refractivity contribution in [3.63, 3.8) is 0 Å². The first-order valence-corrected chi connectivity index (χ1v) is 9.52. The molecule has 0 amide bonds. The molecule has 0 aromatic carbocycles. The Morgan fingerprint density at radius 1 is 0.903 bits per heavy atom. The van der Waals surface area contributed by atoms with Gasteiger partial charge in [-0.05, 0) is 26.8 Å². The number of aromatic nitrogens is 8. The van der Waals surface area contributed by atoms with Gasteiger partial charge < -0.3 is 15.4 Å². The Balaban J connectivity index is 1.62. The summed E-state index contributed by atoms with van der Waals surface area (Å²) in [4.78, 5) is 26.1. The molecule has 0 saturated carbocycles. The fourth-order valence-corrected chi connectivity index (χ4v) is 3.02. The highest BCUT2D eigenvalue weighted by Crippen LogP contribution is 2.34. The number of hydrogen-bond donors (Lipinski definition) is 2. The highest BCUT2D eigenvalue weighted by Gasteiger charge is 2.17. The summed E-state index contributed by atoms with van der Waals surface area (Å²) in [6.45, 7) is 5.64. The topological polar surface area (TPSA) is 128 Å². The maximum Gasteiger partial charge on any atom is 0.185 e. The van der Waals surface area contributed by atoms with E-state index in [0.717, 1.165) is 17.1 Å². The van der Waals surface area contributed by atoms with E-state index in [1.165, 1.54) is 6.33 Å². The first-order chi connectivity index (χ1) is 14.9. The second-order valence-corrected chi connectivity index (χ2v) is 6.83. The van der Waals surface area contributed by atoms with Crippen LogP contribution >= 0.6 is 0 Å². The average molecular weight is 418 g/mol. The molecular formula is C20H22N10O. The monoisotopic (exact) mass is 418 g/mol. The van der Waals surface area contributed by atoms with E-state index in [2.05, 4.69) is 45.6 Å². The Kier molecular flexibility index (Phi) is 5.39. The van der Waals surface area contributed by atoms with Crippen LogP contribution in [-0.4, -0.2) is 46.8 Å². The zero-order valence-electron chi connectivity index (χ0n) is 17.9. The summed E-state index contributed by atoms with van der Waals surface area (Å²) in [6.07, 6.45) is 3.12. The van der Waals surface area contributed by atoms with Crippen LogP contribution in [0.3, 0.4) is 0 Å². The molecule has 0 aliphatic carbocycles. The molecule has 158 valence electrons. The Bertz CT molecular complexity index is 1200. The summed E-state index contributed by atoms with van der Waals surface area (Å²) in [5, 5.41) is 10.8. The third kappa shape index (κ3) is 4.39. The lowest BCUT2D eigenvalue weighted by Crippen LogP contribution is -2.04. The average Bonchev–Trinajstić information content (AvgIpc) is 3.05. The molecule has 0 spiro atoms. The van der Waals surface area contributed by atoms with Crippen LogP contribution in [0.4, 0.5) is 23.3 Å². The Morgan fingerprint density at radius 3 is 2.35 bits per heavy atom. The summed E-state index contributed by atoms with van der Waals surface area (Å²) in [5.41, 5.74) is 1.59. The lowest BCUT2D eigenvalue weighted by molar-refractivity contribution is 0.416. The zero-order chi connectivity index (χ0) is 22.0. The molecule has 0 saturated heterocycles. The molecule has 4 heterocycles. The molecule has 0 atom stereocenters. The van der Waals surface area contributed by atoms with Gasteiger partial charge in [-0.2, -0.15) is 5.10 Å². The van der Waals surface area contributed by atoms with E-state index >= 15 is 0 Å². The van der Waals surface area contributed by atoms with Crippen LogP contribution in [0.5, 0.6) is 5.75 Å². The van der Waals surface area contributed by atoms with Gasteiger partial charge in [-0.15, -0.1) is 0 Å². The van der Waals surface area contributed by atoms with Gasteiger partial charge in [-0.25, -0.2) is 29.9 Å². The van der Waals surface area contributed by atoms with Crippen molar-refractivity contribution >= 4 is 23.3 Å². The predicted octanol–water partition coefficient (Wildman–Crippen LogP) is 2.88. The van der Waals surface area contributed by atoms with Gasteiger partial charge in [-0.3, -0.25) is 4.68 Å². The van der Waals surface area contributed by atoms with Crippen LogP contribution in [0, 0.1) is 20.8 Å². The number of ether oxygens (including phenoxy) is 1. The largest absolute Gasteiger partial charge is 0.492 e. The van der Waals surface area contributed by atoms with Gasteiger partial charge in [0.25, 0.3) is 0 Å². The second kappa shape index (κ2) is 8.30. The van der Waals surface area contributed by atoms with E-state index in [-0.39, 0.29) is 0 Å². The molecule has 0 fully saturated rings. The normalized spacial score (nSPS) is 10.7. The molecule has 4 aromatic rings. The minimum Gasteiger partial charge on any atom is -0.492 e. The van der Waals surface area contributed by atoms with E-state index in [9.17, 15) is 0 Å². The highest BCUT2D eigenvalue weighted by atomic mass is 16.5. The van der Waals surface area contributed by atoms with Gasteiger partial charge in [0.2, 0.25) is 0 Å². The lowest BCUT2D eigenvalue weighted by Gasteiger charge is -2.13. The Hall–Kier alpha value is -4.15. The van der Waals surface area contributed by atoms with Crippen LogP contribution in [0.2, 0.25) is 0 Å². The summed E-state index contributed by atoms with van der Waals surface area (Å²) < 4.78 is 7.32. The molecule has 0 radical (unpaired) electrons. The number of pyridine rings is 1. The van der Waals surface area contributed by atoms with Crippen LogP contribution in [0.25, 0.3) is 11.4 Å². The smallest absolute Gasteiger partial charge is 0.185 e. The quantitative estimate of drug-likeness (QED) is 0.482. The number of methoxy groups -OCH3 is 1. The van der Waals surface area contributed by atoms with Gasteiger partial charge >= 0.3 is 0 Å². The number of hydrogen-bond acceptors (Lipinski definition) is 10. The van der Waals surface area contributed by atoms with Gasteiger partial charge in [0.15, 0.2) is 17.4 Å². The van der Waals surface area contributed by atoms with Gasteiger partial charge in [0.05, 0.1) is 12.7 Å². The van der Waals surface area contributed by atoms with Crippen molar-refractivity contribution in [2.45, 2.75) is 20.8 Å². The molecule has 31 heavy (non-hydrogen) atoms. The zero-order valence-corrected chi connectivity index (χ0v) is 17.9. The van der Waals surface area contributed by atoms with E-state index in [1.54, 1.807) is 24.1 Å². The van der Waals surface area contributed by atoms with Crippen molar-refractivity contribution in [2.75, 3.05) is 17.7 Å². The van der Waals surface area contributed by atoms with E-state index in [1.807, 2.05) is 40.0 Å².